The fraction of sp³-hybridized carbons (Fsp3) is 0.263. The number of benzene rings is 2. The molecule has 0 saturated carbocycles. The number of halogens is 1. The van der Waals surface area contributed by atoms with Gasteiger partial charge in [0.1, 0.15) is 5.82 Å². The van der Waals surface area contributed by atoms with Crippen LogP contribution in [0.4, 0.5) is 21.5 Å². The molecule has 1 N–H and O–H groups in total. The number of non-ortho nitro benzene ring substituents is 1. The van der Waals surface area contributed by atoms with Crippen molar-refractivity contribution in [2.24, 2.45) is 5.92 Å². The Hall–Kier alpha value is -3.29. The van der Waals surface area contributed by atoms with Gasteiger partial charge in [-0.3, -0.25) is 19.7 Å². The lowest BCUT2D eigenvalue weighted by atomic mass is 10.1. The summed E-state index contributed by atoms with van der Waals surface area (Å²) in [6, 6.07) is 8.59. The van der Waals surface area contributed by atoms with E-state index in [1.54, 1.807) is 4.90 Å². The van der Waals surface area contributed by atoms with Crippen molar-refractivity contribution in [3.8, 4) is 0 Å². The number of anilines is 2. The van der Waals surface area contributed by atoms with Crippen LogP contribution in [0.3, 0.4) is 0 Å². The molecule has 2 amide bonds. The predicted molar refractivity (Wildman–Crippen MR) is 98.1 cm³/mol. The van der Waals surface area contributed by atoms with E-state index >= 15 is 0 Å². The van der Waals surface area contributed by atoms with Gasteiger partial charge in [0, 0.05) is 30.8 Å². The number of nitrogens with zero attached hydrogens (tertiary/aromatic N) is 2. The normalized spacial score (nSPS) is 16.5. The number of hydrogen-bond acceptors (Lipinski definition) is 4. The molecule has 140 valence electrons. The van der Waals surface area contributed by atoms with Crippen molar-refractivity contribution in [1.82, 2.24) is 0 Å². The fourth-order valence-electron chi connectivity index (χ4n) is 3.18. The zero-order chi connectivity index (χ0) is 19.7. The first-order valence-corrected chi connectivity index (χ1v) is 8.38. The molecule has 0 aromatic heterocycles. The van der Waals surface area contributed by atoms with E-state index in [0.29, 0.717) is 0 Å². The van der Waals surface area contributed by atoms with E-state index in [1.165, 1.54) is 0 Å². The number of hydrogen-bond donors (Lipinski definition) is 1. The van der Waals surface area contributed by atoms with E-state index in [2.05, 4.69) is 5.32 Å². The van der Waals surface area contributed by atoms with Crippen LogP contribution in [-0.4, -0.2) is 23.3 Å². The molecule has 27 heavy (non-hydrogen) atoms. The average molecular weight is 371 g/mol. The van der Waals surface area contributed by atoms with Crippen molar-refractivity contribution < 1.29 is 18.9 Å². The summed E-state index contributed by atoms with van der Waals surface area (Å²) in [7, 11) is 0. The van der Waals surface area contributed by atoms with Crippen molar-refractivity contribution >= 4 is 28.9 Å². The second kappa shape index (κ2) is 7.14. The van der Waals surface area contributed by atoms with Gasteiger partial charge in [0.2, 0.25) is 11.8 Å². The first-order chi connectivity index (χ1) is 12.8. The molecule has 8 heteroatoms. The Bertz CT molecular complexity index is 945. The van der Waals surface area contributed by atoms with E-state index in [-0.39, 0.29) is 30.2 Å². The molecular formula is C19H18FN3O4. The molecule has 1 fully saturated rings. The molecule has 3 rings (SSSR count). The van der Waals surface area contributed by atoms with Crippen LogP contribution in [-0.2, 0) is 9.59 Å². The monoisotopic (exact) mass is 371 g/mol. The van der Waals surface area contributed by atoms with Crippen LogP contribution in [0, 0.1) is 35.7 Å². The Balaban J connectivity index is 1.76. The van der Waals surface area contributed by atoms with Crippen LogP contribution in [0.25, 0.3) is 0 Å². The van der Waals surface area contributed by atoms with E-state index in [4.69, 9.17) is 0 Å². The second-order valence-corrected chi connectivity index (χ2v) is 6.61. The maximum atomic E-state index is 13.9. The second-order valence-electron chi connectivity index (χ2n) is 6.61. The van der Waals surface area contributed by atoms with Crippen molar-refractivity contribution in [1.29, 1.82) is 0 Å². The summed E-state index contributed by atoms with van der Waals surface area (Å²) < 4.78 is 13.9. The van der Waals surface area contributed by atoms with Gasteiger partial charge < -0.3 is 10.2 Å². The van der Waals surface area contributed by atoms with E-state index in [9.17, 15) is 24.1 Å². The van der Waals surface area contributed by atoms with Crippen molar-refractivity contribution in [3.63, 3.8) is 0 Å². The smallest absolute Gasteiger partial charge is 0.271 e. The fourth-order valence-corrected chi connectivity index (χ4v) is 3.18. The summed E-state index contributed by atoms with van der Waals surface area (Å²) in [5, 5.41) is 13.2. The lowest BCUT2D eigenvalue weighted by molar-refractivity contribution is -0.384. The number of nitro groups is 1. The van der Waals surface area contributed by atoms with Crippen LogP contribution in [0.2, 0.25) is 0 Å². The average Bonchev–Trinajstić information content (AvgIpc) is 2.98. The highest BCUT2D eigenvalue weighted by Gasteiger charge is 2.36. The molecule has 0 bridgehead atoms. The maximum Gasteiger partial charge on any atom is 0.271 e. The third kappa shape index (κ3) is 3.79. The molecule has 1 unspecified atom stereocenters. The maximum absolute atomic E-state index is 13.9. The lowest BCUT2D eigenvalue weighted by Gasteiger charge is -2.19. The largest absolute Gasteiger partial charge is 0.323 e. The minimum Gasteiger partial charge on any atom is -0.323 e. The highest BCUT2D eigenvalue weighted by Crippen LogP contribution is 2.30. The molecule has 1 heterocycles. The molecule has 0 aliphatic carbocycles. The molecule has 0 radical (unpaired) electrons. The Labute approximate surface area is 154 Å². The predicted octanol–water partition coefficient (Wildman–Crippen LogP) is 3.34. The minimum absolute atomic E-state index is 0.00427. The topological polar surface area (TPSA) is 92.6 Å². The van der Waals surface area contributed by atoms with Gasteiger partial charge in [-0.2, -0.15) is 0 Å². The van der Waals surface area contributed by atoms with Gasteiger partial charge in [0.05, 0.1) is 16.5 Å². The summed E-state index contributed by atoms with van der Waals surface area (Å²) >= 11 is 0. The number of nitro benzene ring substituents is 1. The molecule has 1 aliphatic heterocycles. The molecule has 0 spiro atoms. The van der Waals surface area contributed by atoms with Crippen molar-refractivity contribution in [2.45, 2.75) is 20.3 Å². The summed E-state index contributed by atoms with van der Waals surface area (Å²) in [6.07, 6.45) is -0.00427. The number of nitrogens with one attached hydrogen (secondary N) is 1. The third-order valence-electron chi connectivity index (χ3n) is 4.56. The van der Waals surface area contributed by atoms with Gasteiger partial charge in [0.25, 0.3) is 5.69 Å². The highest BCUT2D eigenvalue weighted by atomic mass is 19.1. The van der Waals surface area contributed by atoms with Gasteiger partial charge in [-0.25, -0.2) is 4.39 Å². The Morgan fingerprint density at radius 3 is 2.67 bits per heavy atom. The Morgan fingerprint density at radius 2 is 2.00 bits per heavy atom. The first kappa shape index (κ1) is 18.5. The molecule has 1 aliphatic rings. The number of rotatable bonds is 4. The summed E-state index contributed by atoms with van der Waals surface area (Å²) in [5.74, 6) is -2.18. The van der Waals surface area contributed by atoms with Gasteiger partial charge in [-0.1, -0.05) is 17.7 Å². The Kier molecular flexibility index (Phi) is 4.89. The van der Waals surface area contributed by atoms with Crippen LogP contribution < -0.4 is 10.2 Å². The third-order valence-corrected chi connectivity index (χ3v) is 4.56. The first-order valence-electron chi connectivity index (χ1n) is 8.38. The zero-order valence-electron chi connectivity index (χ0n) is 14.9. The highest BCUT2D eigenvalue weighted by molar-refractivity contribution is 6.04. The quantitative estimate of drug-likeness (QED) is 0.659. The van der Waals surface area contributed by atoms with Gasteiger partial charge >= 0.3 is 0 Å². The minimum atomic E-state index is -0.774. The van der Waals surface area contributed by atoms with Crippen molar-refractivity contribution in [2.75, 3.05) is 16.8 Å². The molecule has 7 nitrogen and oxygen atoms in total. The molecular weight excluding hydrogens is 353 g/mol. The number of aryl methyl sites for hydroxylation is 2. The summed E-state index contributed by atoms with van der Waals surface area (Å²) in [5.41, 5.74) is 2.13. The van der Waals surface area contributed by atoms with Gasteiger partial charge in [-0.05, 0) is 31.5 Å². The standard InChI is InChI=1S/C19H18FN3O4/c1-11-3-6-17(12(2)7-11)22-10-13(8-18(22)24)19(25)21-16-9-14(23(26)27)4-5-15(16)20/h3-7,9,13H,8,10H2,1-2H3,(H,21,25). The van der Waals surface area contributed by atoms with Crippen molar-refractivity contribution in [3.05, 3.63) is 63.5 Å². The van der Waals surface area contributed by atoms with Gasteiger partial charge in [-0.15, -0.1) is 0 Å². The van der Waals surface area contributed by atoms with Crippen LogP contribution in [0.15, 0.2) is 36.4 Å². The molecule has 1 atom stereocenters. The van der Waals surface area contributed by atoms with Crippen LogP contribution in [0.1, 0.15) is 17.5 Å². The molecule has 2 aromatic carbocycles. The number of amides is 2. The molecule has 2 aromatic rings. The van der Waals surface area contributed by atoms with E-state index in [1.807, 2.05) is 32.0 Å². The van der Waals surface area contributed by atoms with E-state index in [0.717, 1.165) is 35.0 Å². The molecule has 1 saturated heterocycles. The zero-order valence-corrected chi connectivity index (χ0v) is 14.9. The van der Waals surface area contributed by atoms with E-state index < -0.39 is 22.6 Å². The lowest BCUT2D eigenvalue weighted by Crippen LogP contribution is -2.28. The Morgan fingerprint density at radius 1 is 1.26 bits per heavy atom. The summed E-state index contributed by atoms with van der Waals surface area (Å²) in [6.45, 7) is 4.01. The van der Waals surface area contributed by atoms with Gasteiger partial charge in [0.15, 0.2) is 0 Å². The summed E-state index contributed by atoms with van der Waals surface area (Å²) in [4.78, 5) is 36.6. The number of carbonyl (C=O) groups excluding carboxylic acids is 2. The van der Waals surface area contributed by atoms with Crippen LogP contribution in [0.5, 0.6) is 0 Å². The van der Waals surface area contributed by atoms with Crippen LogP contribution >= 0.6 is 0 Å². The SMILES string of the molecule is Cc1ccc(N2CC(C(=O)Nc3cc([N+](=O)[O-])ccc3F)CC2=O)c(C)c1. The number of carbonyl (C=O) groups is 2.